The largest absolute Gasteiger partial charge is 0.516 e. The lowest BCUT2D eigenvalue weighted by molar-refractivity contribution is -0.0439. The Kier molecular flexibility index (Phi) is 2.93. The van der Waals surface area contributed by atoms with Crippen molar-refractivity contribution >= 4 is 15.7 Å². The lowest BCUT2D eigenvalue weighted by Gasteiger charge is -2.39. The highest BCUT2D eigenvalue weighted by atomic mass is 32.2. The van der Waals surface area contributed by atoms with Crippen LogP contribution in [0.4, 0.5) is 18.9 Å². The van der Waals surface area contributed by atoms with Crippen molar-refractivity contribution in [2.45, 2.75) is 24.3 Å². The van der Waals surface area contributed by atoms with Crippen LogP contribution in [0, 0.1) is 0 Å². The summed E-state index contributed by atoms with van der Waals surface area (Å²) in [7, 11) is -5.41. The van der Waals surface area contributed by atoms with Crippen molar-refractivity contribution in [1.29, 1.82) is 0 Å². The summed E-state index contributed by atoms with van der Waals surface area (Å²) >= 11 is 0. The van der Waals surface area contributed by atoms with Crippen molar-refractivity contribution in [3.8, 4) is 11.1 Å². The molecule has 1 aliphatic heterocycles. The maximum absolute atomic E-state index is 13.1. The standard InChI is InChI=1S/C17H14F3NO2S/c1-16-9-10-21(24(22,23)17(18,19)20)14-8-4-6-12(15(14)16)11-5-2-3-7-13(11)16/h2-8H,9-10H2,1H3. The highest BCUT2D eigenvalue weighted by Crippen LogP contribution is 2.56. The molecular weight excluding hydrogens is 339 g/mol. The second kappa shape index (κ2) is 4.53. The van der Waals surface area contributed by atoms with Gasteiger partial charge in [0.15, 0.2) is 0 Å². The van der Waals surface area contributed by atoms with Crippen LogP contribution in [0.3, 0.4) is 0 Å². The molecule has 2 aromatic carbocycles. The third-order valence-electron chi connectivity index (χ3n) is 5.07. The smallest absolute Gasteiger partial charge is 0.262 e. The molecular formula is C17H14F3NO2S. The number of hydrogen-bond acceptors (Lipinski definition) is 2. The second-order valence-electron chi connectivity index (χ2n) is 6.35. The maximum Gasteiger partial charge on any atom is 0.516 e. The number of rotatable bonds is 1. The van der Waals surface area contributed by atoms with Crippen molar-refractivity contribution in [3.63, 3.8) is 0 Å². The van der Waals surface area contributed by atoms with Gasteiger partial charge >= 0.3 is 15.5 Å². The first-order valence-corrected chi connectivity index (χ1v) is 8.94. The predicted molar refractivity (Wildman–Crippen MR) is 85.3 cm³/mol. The minimum absolute atomic E-state index is 0.134. The molecule has 0 radical (unpaired) electrons. The highest BCUT2D eigenvalue weighted by Gasteiger charge is 2.54. The van der Waals surface area contributed by atoms with Crippen LogP contribution < -0.4 is 4.31 Å². The first-order chi connectivity index (χ1) is 11.2. The average Bonchev–Trinajstić information content (AvgIpc) is 2.78. The Morgan fingerprint density at radius 1 is 1.04 bits per heavy atom. The zero-order chi connectivity index (χ0) is 17.3. The van der Waals surface area contributed by atoms with Crippen molar-refractivity contribution in [2.75, 3.05) is 10.8 Å². The number of nitrogens with zero attached hydrogens (tertiary/aromatic N) is 1. The molecule has 24 heavy (non-hydrogen) atoms. The fourth-order valence-electron chi connectivity index (χ4n) is 3.97. The quantitative estimate of drug-likeness (QED) is 0.776. The average molecular weight is 353 g/mol. The number of sulfonamides is 1. The van der Waals surface area contributed by atoms with Gasteiger partial charge in [-0.25, -0.2) is 0 Å². The summed E-state index contributed by atoms with van der Waals surface area (Å²) in [5.74, 6) is 0. The molecule has 0 aromatic heterocycles. The maximum atomic E-state index is 13.1. The summed E-state index contributed by atoms with van der Waals surface area (Å²) in [6, 6.07) is 12.6. The van der Waals surface area contributed by atoms with E-state index in [4.69, 9.17) is 0 Å². The van der Waals surface area contributed by atoms with Gasteiger partial charge in [0.05, 0.1) is 5.69 Å². The Labute approximate surface area is 137 Å². The van der Waals surface area contributed by atoms with Crippen LogP contribution in [0.5, 0.6) is 0 Å². The molecule has 0 saturated heterocycles. The lowest BCUT2D eigenvalue weighted by Crippen LogP contribution is -2.46. The number of benzene rings is 2. The highest BCUT2D eigenvalue weighted by molar-refractivity contribution is 7.93. The summed E-state index contributed by atoms with van der Waals surface area (Å²) in [6.07, 6.45) is 0.309. The van der Waals surface area contributed by atoms with Crippen molar-refractivity contribution in [3.05, 3.63) is 53.6 Å². The molecule has 4 rings (SSSR count). The molecule has 0 spiro atoms. The Bertz CT molecular complexity index is 953. The molecule has 0 fully saturated rings. The summed E-state index contributed by atoms with van der Waals surface area (Å²) in [5, 5.41) is 0. The summed E-state index contributed by atoms with van der Waals surface area (Å²) in [4.78, 5) is 0. The van der Waals surface area contributed by atoms with Crippen LogP contribution in [0.2, 0.25) is 0 Å². The third-order valence-corrected chi connectivity index (χ3v) is 6.62. The van der Waals surface area contributed by atoms with E-state index in [0.29, 0.717) is 16.3 Å². The molecule has 2 aromatic rings. The van der Waals surface area contributed by atoms with E-state index < -0.39 is 20.9 Å². The van der Waals surface area contributed by atoms with Crippen LogP contribution in [-0.2, 0) is 15.4 Å². The lowest BCUT2D eigenvalue weighted by atomic mass is 9.75. The molecule has 1 aliphatic carbocycles. The molecule has 2 aliphatic rings. The van der Waals surface area contributed by atoms with E-state index in [9.17, 15) is 21.6 Å². The Balaban J connectivity index is 2.00. The Hall–Kier alpha value is -2.02. The number of alkyl halides is 3. The number of halogens is 3. The molecule has 3 nitrogen and oxygen atoms in total. The van der Waals surface area contributed by atoms with E-state index in [-0.39, 0.29) is 12.2 Å². The van der Waals surface area contributed by atoms with Gasteiger partial charge in [0.2, 0.25) is 0 Å². The Morgan fingerprint density at radius 2 is 1.71 bits per heavy atom. The van der Waals surface area contributed by atoms with Crippen molar-refractivity contribution in [1.82, 2.24) is 0 Å². The van der Waals surface area contributed by atoms with Gasteiger partial charge < -0.3 is 0 Å². The molecule has 0 amide bonds. The number of fused-ring (bicyclic) bond motifs is 3. The van der Waals surface area contributed by atoms with E-state index >= 15 is 0 Å². The van der Waals surface area contributed by atoms with Crippen molar-refractivity contribution in [2.24, 2.45) is 0 Å². The molecule has 1 unspecified atom stereocenters. The van der Waals surface area contributed by atoms with Crippen LogP contribution in [0.1, 0.15) is 24.5 Å². The topological polar surface area (TPSA) is 37.4 Å². The van der Waals surface area contributed by atoms with Gasteiger partial charge in [-0.2, -0.15) is 21.6 Å². The fourth-order valence-corrected chi connectivity index (χ4v) is 4.96. The van der Waals surface area contributed by atoms with E-state index in [1.165, 1.54) is 6.07 Å². The van der Waals surface area contributed by atoms with Gasteiger partial charge in [-0.3, -0.25) is 4.31 Å². The zero-order valence-electron chi connectivity index (χ0n) is 12.8. The van der Waals surface area contributed by atoms with Gasteiger partial charge in [0, 0.05) is 12.0 Å². The Morgan fingerprint density at radius 3 is 2.42 bits per heavy atom. The monoisotopic (exact) mass is 353 g/mol. The minimum atomic E-state index is -5.41. The van der Waals surface area contributed by atoms with Gasteiger partial charge in [-0.15, -0.1) is 0 Å². The number of hydrogen-bond donors (Lipinski definition) is 0. The molecule has 1 atom stereocenters. The van der Waals surface area contributed by atoms with E-state index in [1.807, 2.05) is 37.3 Å². The van der Waals surface area contributed by atoms with Gasteiger partial charge in [0.1, 0.15) is 0 Å². The normalized spacial score (nSPS) is 22.2. The molecule has 7 heteroatoms. The van der Waals surface area contributed by atoms with E-state index in [2.05, 4.69) is 0 Å². The van der Waals surface area contributed by atoms with Crippen LogP contribution >= 0.6 is 0 Å². The number of anilines is 1. The van der Waals surface area contributed by atoms with Gasteiger partial charge in [0.25, 0.3) is 0 Å². The molecule has 1 heterocycles. The first-order valence-electron chi connectivity index (χ1n) is 7.50. The SMILES string of the molecule is CC12CCN(S(=O)(=O)C(F)(F)F)c3cccc(c31)-c1ccccc12. The van der Waals surface area contributed by atoms with E-state index in [0.717, 1.165) is 16.7 Å². The molecule has 126 valence electrons. The molecule has 0 bridgehead atoms. The summed E-state index contributed by atoms with van der Waals surface area (Å²) in [6.45, 7) is 1.78. The minimum Gasteiger partial charge on any atom is -0.262 e. The zero-order valence-corrected chi connectivity index (χ0v) is 13.6. The van der Waals surface area contributed by atoms with Crippen LogP contribution in [-0.4, -0.2) is 20.5 Å². The van der Waals surface area contributed by atoms with Crippen LogP contribution in [0.25, 0.3) is 11.1 Å². The van der Waals surface area contributed by atoms with Crippen molar-refractivity contribution < 1.29 is 21.6 Å². The fraction of sp³-hybridized carbons (Fsp3) is 0.294. The van der Waals surface area contributed by atoms with E-state index in [1.54, 1.807) is 6.07 Å². The molecule has 0 N–H and O–H groups in total. The third kappa shape index (κ3) is 1.76. The first kappa shape index (κ1) is 15.5. The second-order valence-corrected chi connectivity index (χ2v) is 8.20. The summed E-state index contributed by atoms with van der Waals surface area (Å²) < 4.78 is 63.6. The van der Waals surface area contributed by atoms with Gasteiger partial charge in [-0.1, -0.05) is 43.3 Å². The van der Waals surface area contributed by atoms with Gasteiger partial charge in [-0.05, 0) is 34.7 Å². The van der Waals surface area contributed by atoms with Crippen LogP contribution in [0.15, 0.2) is 42.5 Å². The molecule has 0 saturated carbocycles. The summed E-state index contributed by atoms with van der Waals surface area (Å²) in [5.41, 5.74) is -2.16. The predicted octanol–water partition coefficient (Wildman–Crippen LogP) is 4.03.